The Hall–Kier alpha value is -1.69. The third-order valence-electron chi connectivity index (χ3n) is 2.56. The van der Waals surface area contributed by atoms with E-state index < -0.39 is 5.82 Å². The van der Waals surface area contributed by atoms with E-state index in [1.807, 2.05) is 13.8 Å². The van der Waals surface area contributed by atoms with Crippen LogP contribution in [-0.4, -0.2) is 28.5 Å². The van der Waals surface area contributed by atoms with Gasteiger partial charge in [0.15, 0.2) is 0 Å². The van der Waals surface area contributed by atoms with Crippen molar-refractivity contribution in [2.75, 3.05) is 11.9 Å². The molecule has 0 spiro atoms. The maximum atomic E-state index is 13.0. The van der Waals surface area contributed by atoms with Gasteiger partial charge in [-0.3, -0.25) is 0 Å². The lowest BCUT2D eigenvalue weighted by Gasteiger charge is -2.26. The molecule has 4 nitrogen and oxygen atoms in total. The number of amides is 2. The highest BCUT2D eigenvalue weighted by Crippen LogP contribution is 2.11. The number of rotatable bonds is 5. The number of nitrogens with two attached hydrogens (primary N) is 1. The number of benzene rings is 1. The highest BCUT2D eigenvalue weighted by molar-refractivity contribution is 7.80. The number of hydrogen-bond acceptors (Lipinski definition) is 2. The van der Waals surface area contributed by atoms with Gasteiger partial charge in [0.1, 0.15) is 5.82 Å². The van der Waals surface area contributed by atoms with E-state index in [9.17, 15) is 9.18 Å². The smallest absolute Gasteiger partial charge is 0.322 e. The molecule has 0 radical (unpaired) electrons. The zero-order valence-electron chi connectivity index (χ0n) is 11.0. The quantitative estimate of drug-likeness (QED) is 0.817. The highest BCUT2D eigenvalue weighted by Gasteiger charge is 2.17. The average Bonchev–Trinajstić information content (AvgIpc) is 2.28. The van der Waals surface area contributed by atoms with E-state index in [-0.39, 0.29) is 12.1 Å². The van der Waals surface area contributed by atoms with Crippen LogP contribution in [0.4, 0.5) is 14.9 Å². The Morgan fingerprint density at radius 3 is 2.74 bits per heavy atom. The molecule has 0 aromatic heterocycles. The Labute approximate surface area is 117 Å². The molecule has 3 N–H and O–H groups in total. The van der Waals surface area contributed by atoms with E-state index in [0.717, 1.165) is 0 Å². The molecule has 2 amide bonds. The summed E-state index contributed by atoms with van der Waals surface area (Å²) in [6.45, 7) is 4.23. The standard InChI is InChI=1S/C13H18FN3OS/c1-9(2)17(7-6-12(15)19)13(18)16-11-5-3-4-10(14)8-11/h3-5,8-9H,6-7H2,1-2H3,(H2,15,19)(H,16,18). The van der Waals surface area contributed by atoms with Crippen LogP contribution in [0.1, 0.15) is 20.3 Å². The zero-order chi connectivity index (χ0) is 14.4. The maximum Gasteiger partial charge on any atom is 0.322 e. The van der Waals surface area contributed by atoms with Crippen LogP contribution in [-0.2, 0) is 0 Å². The van der Waals surface area contributed by atoms with Crippen LogP contribution in [0.3, 0.4) is 0 Å². The maximum absolute atomic E-state index is 13.0. The average molecular weight is 283 g/mol. The van der Waals surface area contributed by atoms with Crippen LogP contribution in [0, 0.1) is 5.82 Å². The topological polar surface area (TPSA) is 58.4 Å². The van der Waals surface area contributed by atoms with Crippen molar-refractivity contribution >= 4 is 28.9 Å². The minimum atomic E-state index is -0.392. The molecule has 1 aromatic carbocycles. The summed E-state index contributed by atoms with van der Waals surface area (Å²) in [5, 5.41) is 2.65. The van der Waals surface area contributed by atoms with E-state index in [2.05, 4.69) is 5.32 Å². The van der Waals surface area contributed by atoms with Gasteiger partial charge in [0, 0.05) is 24.7 Å². The number of halogens is 1. The van der Waals surface area contributed by atoms with Crippen LogP contribution in [0.5, 0.6) is 0 Å². The number of hydrogen-bond donors (Lipinski definition) is 2. The summed E-state index contributed by atoms with van der Waals surface area (Å²) in [7, 11) is 0. The van der Waals surface area contributed by atoms with Crippen molar-refractivity contribution < 1.29 is 9.18 Å². The summed E-state index contributed by atoms with van der Waals surface area (Å²) < 4.78 is 13.0. The Kier molecular flexibility index (Phi) is 5.69. The lowest BCUT2D eigenvalue weighted by molar-refractivity contribution is 0.199. The van der Waals surface area contributed by atoms with Gasteiger partial charge in [0.25, 0.3) is 0 Å². The minimum absolute atomic E-state index is 0.00269. The van der Waals surface area contributed by atoms with Gasteiger partial charge in [-0.05, 0) is 32.0 Å². The van der Waals surface area contributed by atoms with Crippen molar-refractivity contribution in [3.63, 3.8) is 0 Å². The van der Waals surface area contributed by atoms with Gasteiger partial charge < -0.3 is 16.0 Å². The molecule has 1 rings (SSSR count). The number of carbonyl (C=O) groups is 1. The second kappa shape index (κ2) is 7.04. The third-order valence-corrected chi connectivity index (χ3v) is 2.76. The summed E-state index contributed by atoms with van der Waals surface area (Å²) in [4.78, 5) is 14.1. The second-order valence-electron chi connectivity index (χ2n) is 4.44. The number of anilines is 1. The number of thiocarbonyl (C=S) groups is 1. The Morgan fingerprint density at radius 1 is 1.53 bits per heavy atom. The molecule has 1 aromatic rings. The summed E-state index contributed by atoms with van der Waals surface area (Å²) in [5.41, 5.74) is 5.86. The fourth-order valence-electron chi connectivity index (χ4n) is 1.59. The summed E-state index contributed by atoms with van der Waals surface area (Å²) in [5.74, 6) is -0.392. The molecule has 6 heteroatoms. The van der Waals surface area contributed by atoms with Crippen molar-refractivity contribution in [3.8, 4) is 0 Å². The molecular formula is C13H18FN3OS. The van der Waals surface area contributed by atoms with Crippen molar-refractivity contribution in [1.82, 2.24) is 4.90 Å². The molecule has 0 aliphatic rings. The first kappa shape index (κ1) is 15.4. The van der Waals surface area contributed by atoms with Crippen LogP contribution in [0.2, 0.25) is 0 Å². The van der Waals surface area contributed by atoms with Crippen LogP contribution in [0.15, 0.2) is 24.3 Å². The molecular weight excluding hydrogens is 265 g/mol. The van der Waals surface area contributed by atoms with E-state index in [1.165, 1.54) is 12.1 Å². The Morgan fingerprint density at radius 2 is 2.21 bits per heavy atom. The van der Waals surface area contributed by atoms with E-state index in [4.69, 9.17) is 18.0 Å². The Balaban J connectivity index is 2.69. The molecule has 0 fully saturated rings. The molecule has 104 valence electrons. The molecule has 0 aliphatic carbocycles. The monoisotopic (exact) mass is 283 g/mol. The first-order valence-electron chi connectivity index (χ1n) is 6.01. The molecule has 0 aliphatic heterocycles. The largest absolute Gasteiger partial charge is 0.393 e. The summed E-state index contributed by atoms with van der Waals surface area (Å²) in [6.07, 6.45) is 0.462. The van der Waals surface area contributed by atoms with E-state index in [1.54, 1.807) is 17.0 Å². The molecule has 0 unspecified atom stereocenters. The molecule has 0 bridgehead atoms. The zero-order valence-corrected chi connectivity index (χ0v) is 11.8. The second-order valence-corrected chi connectivity index (χ2v) is 4.97. The molecule has 19 heavy (non-hydrogen) atoms. The first-order valence-corrected chi connectivity index (χ1v) is 6.42. The van der Waals surface area contributed by atoms with Gasteiger partial charge in [-0.25, -0.2) is 9.18 Å². The van der Waals surface area contributed by atoms with Crippen molar-refractivity contribution in [2.24, 2.45) is 5.73 Å². The molecule has 0 saturated carbocycles. The summed E-state index contributed by atoms with van der Waals surface area (Å²) >= 11 is 4.80. The predicted molar refractivity (Wildman–Crippen MR) is 78.7 cm³/mol. The number of nitrogens with one attached hydrogen (secondary N) is 1. The van der Waals surface area contributed by atoms with Gasteiger partial charge >= 0.3 is 6.03 Å². The lowest BCUT2D eigenvalue weighted by atomic mass is 10.3. The number of carbonyl (C=O) groups excluding carboxylic acids is 1. The van der Waals surface area contributed by atoms with Gasteiger partial charge in [0.05, 0.1) is 4.99 Å². The van der Waals surface area contributed by atoms with E-state index >= 15 is 0 Å². The van der Waals surface area contributed by atoms with Gasteiger partial charge in [-0.1, -0.05) is 18.3 Å². The predicted octanol–water partition coefficient (Wildman–Crippen LogP) is 2.74. The summed E-state index contributed by atoms with van der Waals surface area (Å²) in [6, 6.07) is 5.47. The van der Waals surface area contributed by atoms with Gasteiger partial charge in [-0.15, -0.1) is 0 Å². The van der Waals surface area contributed by atoms with Gasteiger partial charge in [-0.2, -0.15) is 0 Å². The highest BCUT2D eigenvalue weighted by atomic mass is 32.1. The Bertz CT molecular complexity index is 465. The van der Waals surface area contributed by atoms with Crippen molar-refractivity contribution in [3.05, 3.63) is 30.1 Å². The van der Waals surface area contributed by atoms with Crippen LogP contribution < -0.4 is 11.1 Å². The SMILES string of the molecule is CC(C)N(CCC(N)=S)C(=O)Nc1cccc(F)c1. The number of nitrogens with zero attached hydrogens (tertiary/aromatic N) is 1. The fourth-order valence-corrected chi connectivity index (χ4v) is 1.68. The third kappa shape index (κ3) is 5.21. The van der Waals surface area contributed by atoms with Gasteiger partial charge in [0.2, 0.25) is 0 Å². The minimum Gasteiger partial charge on any atom is -0.393 e. The normalized spacial score (nSPS) is 10.3. The number of urea groups is 1. The van der Waals surface area contributed by atoms with E-state index in [0.29, 0.717) is 23.6 Å². The van der Waals surface area contributed by atoms with Crippen LogP contribution >= 0.6 is 12.2 Å². The molecule has 0 heterocycles. The molecule has 0 saturated heterocycles. The van der Waals surface area contributed by atoms with Crippen LogP contribution in [0.25, 0.3) is 0 Å². The van der Waals surface area contributed by atoms with Crippen molar-refractivity contribution in [1.29, 1.82) is 0 Å². The fraction of sp³-hybridized carbons (Fsp3) is 0.385. The first-order chi connectivity index (χ1) is 8.90. The van der Waals surface area contributed by atoms with Crippen molar-refractivity contribution in [2.45, 2.75) is 26.3 Å². The molecule has 0 atom stereocenters. The lowest BCUT2D eigenvalue weighted by Crippen LogP contribution is -2.41.